The molecular formula is C32H50O2. The third-order valence-electron chi connectivity index (χ3n) is 7.31. The van der Waals surface area contributed by atoms with Crippen molar-refractivity contribution in [2.75, 3.05) is 0 Å². The second-order valence-corrected chi connectivity index (χ2v) is 14.4. The fourth-order valence-electron chi connectivity index (χ4n) is 5.48. The molecule has 0 heterocycles. The Kier molecular flexibility index (Phi) is 7.16. The minimum absolute atomic E-state index is 0.0623. The number of rotatable bonds is 2. The van der Waals surface area contributed by atoms with Gasteiger partial charge in [0.2, 0.25) is 0 Å². The highest BCUT2D eigenvalue weighted by atomic mass is 16.3. The molecule has 2 N–H and O–H groups in total. The maximum Gasteiger partial charge on any atom is 0.123 e. The molecule has 0 atom stereocenters. The van der Waals surface area contributed by atoms with Crippen molar-refractivity contribution in [3.8, 4) is 11.5 Å². The van der Waals surface area contributed by atoms with Crippen LogP contribution in [0, 0.1) is 13.8 Å². The maximum atomic E-state index is 11.7. The molecule has 190 valence electrons. The highest BCUT2D eigenvalue weighted by Crippen LogP contribution is 2.49. The van der Waals surface area contributed by atoms with E-state index in [1.54, 1.807) is 0 Å². The molecule has 0 saturated carbocycles. The number of hydrogen-bond donors (Lipinski definition) is 2. The van der Waals surface area contributed by atoms with Crippen molar-refractivity contribution in [3.63, 3.8) is 0 Å². The predicted molar refractivity (Wildman–Crippen MR) is 148 cm³/mol. The van der Waals surface area contributed by atoms with Crippen LogP contribution in [-0.2, 0) is 21.7 Å². The summed E-state index contributed by atoms with van der Waals surface area (Å²) in [5.74, 6) is 0.567. The van der Waals surface area contributed by atoms with Crippen LogP contribution in [-0.4, -0.2) is 10.2 Å². The summed E-state index contributed by atoms with van der Waals surface area (Å²) in [4.78, 5) is 0. The average Bonchev–Trinajstić information content (AvgIpc) is 2.57. The second kappa shape index (κ2) is 8.61. The molecule has 0 fully saturated rings. The fourth-order valence-corrected chi connectivity index (χ4v) is 5.48. The van der Waals surface area contributed by atoms with Gasteiger partial charge in [-0.25, -0.2) is 0 Å². The molecule has 0 unspecified atom stereocenters. The van der Waals surface area contributed by atoms with Gasteiger partial charge in [0, 0.05) is 17.0 Å². The first-order chi connectivity index (χ1) is 15.0. The van der Waals surface area contributed by atoms with Gasteiger partial charge in [0.15, 0.2) is 0 Å². The van der Waals surface area contributed by atoms with Crippen molar-refractivity contribution < 1.29 is 10.2 Å². The van der Waals surface area contributed by atoms with Gasteiger partial charge < -0.3 is 10.2 Å². The molecule has 0 aliphatic heterocycles. The fraction of sp³-hybridized carbons (Fsp3) is 0.625. The summed E-state index contributed by atoms with van der Waals surface area (Å²) < 4.78 is 0. The normalized spacial score (nSPS) is 13.6. The Morgan fingerprint density at radius 1 is 0.500 bits per heavy atom. The van der Waals surface area contributed by atoms with Crippen molar-refractivity contribution in [3.05, 3.63) is 56.6 Å². The third-order valence-corrected chi connectivity index (χ3v) is 7.31. The maximum absolute atomic E-state index is 11.7. The van der Waals surface area contributed by atoms with Crippen LogP contribution in [0.5, 0.6) is 11.5 Å². The van der Waals surface area contributed by atoms with Crippen molar-refractivity contribution in [2.45, 2.75) is 131 Å². The van der Waals surface area contributed by atoms with Crippen LogP contribution in [0.2, 0.25) is 0 Å². The van der Waals surface area contributed by atoms with Crippen LogP contribution in [0.4, 0.5) is 0 Å². The Balaban J connectivity index is 3.07. The summed E-state index contributed by atoms with van der Waals surface area (Å²) >= 11 is 0. The van der Waals surface area contributed by atoms with Gasteiger partial charge in [0.1, 0.15) is 11.5 Å². The Bertz CT molecular complexity index is 911. The zero-order chi connectivity index (χ0) is 26.8. The van der Waals surface area contributed by atoms with Gasteiger partial charge in [0.25, 0.3) is 0 Å². The van der Waals surface area contributed by atoms with E-state index in [2.05, 4.69) is 116 Å². The molecule has 0 aliphatic carbocycles. The van der Waals surface area contributed by atoms with Crippen molar-refractivity contribution in [2.24, 2.45) is 0 Å². The molecule has 34 heavy (non-hydrogen) atoms. The lowest BCUT2D eigenvalue weighted by Crippen LogP contribution is -2.22. The third kappa shape index (κ3) is 5.16. The van der Waals surface area contributed by atoms with Crippen LogP contribution < -0.4 is 0 Å². The first-order valence-electron chi connectivity index (χ1n) is 12.8. The Hall–Kier alpha value is -1.96. The van der Waals surface area contributed by atoms with Crippen LogP contribution in [0.1, 0.15) is 140 Å². The standard InChI is InChI=1S/C32H50O2/c1-18-21(29(4,5)6)16-23(31(10,11)12)27(33)25(18)20(3)26-19(2)22(30(7,8)9)17-24(28(26)34)32(13,14)15/h16-17,20,33-34H,1-15H3. The minimum atomic E-state index is -0.201. The van der Waals surface area contributed by atoms with Crippen molar-refractivity contribution in [1.29, 1.82) is 0 Å². The van der Waals surface area contributed by atoms with E-state index in [9.17, 15) is 10.2 Å². The molecule has 0 radical (unpaired) electrons. The number of hydrogen-bond acceptors (Lipinski definition) is 2. The lowest BCUT2D eigenvalue weighted by Gasteiger charge is -2.34. The SMILES string of the molecule is Cc1c(C(C)(C)C)cc(C(C)(C)C)c(O)c1C(C)c1c(C)c(C(C)(C)C)cc(C(C)(C)C)c1O. The molecular weight excluding hydrogens is 416 g/mol. The van der Waals surface area contributed by atoms with E-state index in [4.69, 9.17) is 0 Å². The van der Waals surface area contributed by atoms with E-state index in [0.29, 0.717) is 11.5 Å². The van der Waals surface area contributed by atoms with E-state index >= 15 is 0 Å². The summed E-state index contributed by atoms with van der Waals surface area (Å²) in [6.45, 7) is 32.7. The number of phenols is 2. The lowest BCUT2D eigenvalue weighted by molar-refractivity contribution is 0.426. The molecule has 2 rings (SSSR count). The average molecular weight is 467 g/mol. The summed E-state index contributed by atoms with van der Waals surface area (Å²) in [7, 11) is 0. The van der Waals surface area contributed by atoms with Gasteiger partial charge in [-0.3, -0.25) is 0 Å². The number of benzene rings is 2. The highest BCUT2D eigenvalue weighted by molar-refractivity contribution is 5.62. The van der Waals surface area contributed by atoms with E-state index < -0.39 is 0 Å². The molecule has 0 amide bonds. The van der Waals surface area contributed by atoms with E-state index in [1.807, 2.05) is 0 Å². The zero-order valence-corrected chi connectivity index (χ0v) is 24.6. The summed E-state index contributed by atoms with van der Waals surface area (Å²) in [6.07, 6.45) is 0. The van der Waals surface area contributed by atoms with E-state index in [0.717, 1.165) is 33.4 Å². The van der Waals surface area contributed by atoms with Gasteiger partial charge >= 0.3 is 0 Å². The summed E-state index contributed by atoms with van der Waals surface area (Å²) in [6, 6.07) is 4.39. The van der Waals surface area contributed by atoms with Gasteiger partial charge in [0.05, 0.1) is 0 Å². The first kappa shape index (κ1) is 28.3. The zero-order valence-electron chi connectivity index (χ0n) is 24.6. The highest BCUT2D eigenvalue weighted by Gasteiger charge is 2.34. The smallest absolute Gasteiger partial charge is 0.123 e. The van der Waals surface area contributed by atoms with Crippen LogP contribution >= 0.6 is 0 Å². The van der Waals surface area contributed by atoms with Gasteiger partial charge in [-0.05, 0) is 68.9 Å². The molecule has 0 aromatic heterocycles. The molecule has 2 heteroatoms. The van der Waals surface area contributed by atoms with E-state index in [1.165, 1.54) is 11.1 Å². The molecule has 0 bridgehead atoms. The molecule has 0 spiro atoms. The van der Waals surface area contributed by atoms with Crippen LogP contribution in [0.3, 0.4) is 0 Å². The quantitative estimate of drug-likeness (QED) is 0.463. The Morgan fingerprint density at radius 2 is 0.735 bits per heavy atom. The second-order valence-electron chi connectivity index (χ2n) is 14.4. The van der Waals surface area contributed by atoms with E-state index in [-0.39, 0.29) is 27.6 Å². The molecule has 2 aromatic carbocycles. The van der Waals surface area contributed by atoms with Crippen molar-refractivity contribution in [1.82, 2.24) is 0 Å². The molecule has 2 nitrogen and oxygen atoms in total. The van der Waals surface area contributed by atoms with Gasteiger partial charge in [-0.15, -0.1) is 0 Å². The minimum Gasteiger partial charge on any atom is -0.507 e. The summed E-state index contributed by atoms with van der Waals surface area (Å²) in [5, 5.41) is 23.4. The van der Waals surface area contributed by atoms with Gasteiger partial charge in [-0.1, -0.05) is 102 Å². The Labute approximate surface area is 209 Å². The number of phenolic OH excluding ortho intramolecular Hbond substituents is 2. The monoisotopic (exact) mass is 466 g/mol. The van der Waals surface area contributed by atoms with Crippen LogP contribution in [0.25, 0.3) is 0 Å². The summed E-state index contributed by atoms with van der Waals surface area (Å²) in [5.41, 5.74) is 7.99. The van der Waals surface area contributed by atoms with Crippen molar-refractivity contribution >= 4 is 0 Å². The van der Waals surface area contributed by atoms with Gasteiger partial charge in [-0.2, -0.15) is 0 Å². The topological polar surface area (TPSA) is 40.5 Å². The lowest BCUT2D eigenvalue weighted by atomic mass is 9.71. The largest absolute Gasteiger partial charge is 0.507 e. The first-order valence-corrected chi connectivity index (χ1v) is 12.8. The molecule has 0 aliphatic rings. The molecule has 0 saturated heterocycles. The van der Waals surface area contributed by atoms with Crippen LogP contribution in [0.15, 0.2) is 12.1 Å². The predicted octanol–water partition coefficient (Wildman–Crippen LogP) is 9.06. The number of aromatic hydroxyl groups is 2. The Morgan fingerprint density at radius 3 is 0.941 bits per heavy atom. The molecule has 2 aromatic rings.